The van der Waals surface area contributed by atoms with E-state index in [1.54, 1.807) is 12.1 Å². The zero-order valence-electron chi connectivity index (χ0n) is 14.6. The smallest absolute Gasteiger partial charge is 0.341 e. The molecule has 1 amide bonds. The molecule has 2 aromatic rings. The summed E-state index contributed by atoms with van der Waals surface area (Å²) in [6, 6.07) is 7.36. The number of anilines is 1. The van der Waals surface area contributed by atoms with Crippen LogP contribution in [0.3, 0.4) is 0 Å². The van der Waals surface area contributed by atoms with Gasteiger partial charge in [-0.15, -0.1) is 23.1 Å². The van der Waals surface area contributed by atoms with Crippen LogP contribution in [0.25, 0.3) is 0 Å². The van der Waals surface area contributed by atoms with E-state index in [-0.39, 0.29) is 17.6 Å². The number of hydrogen-bond donors (Lipinski definition) is 1. The quantitative estimate of drug-likeness (QED) is 0.555. The van der Waals surface area contributed by atoms with Gasteiger partial charge in [0.1, 0.15) is 5.00 Å². The monoisotopic (exact) mass is 409 g/mol. The van der Waals surface area contributed by atoms with Crippen molar-refractivity contribution in [3.8, 4) is 0 Å². The predicted molar refractivity (Wildman–Crippen MR) is 108 cm³/mol. The summed E-state index contributed by atoms with van der Waals surface area (Å²) in [4.78, 5) is 26.8. The molecule has 1 atom stereocenters. The minimum absolute atomic E-state index is 0.137. The molecule has 26 heavy (non-hydrogen) atoms. The van der Waals surface area contributed by atoms with Crippen LogP contribution in [-0.2, 0) is 22.4 Å². The lowest BCUT2D eigenvalue weighted by atomic mass is 9.88. The predicted octanol–water partition coefficient (Wildman–Crippen LogP) is 5.04. The number of thioether (sulfide) groups is 1. The zero-order valence-corrected chi connectivity index (χ0v) is 17.0. The average molecular weight is 410 g/mol. The number of amides is 1. The molecule has 1 heterocycles. The Bertz CT molecular complexity index is 817. The summed E-state index contributed by atoms with van der Waals surface area (Å²) < 4.78 is 4.95. The highest BCUT2D eigenvalue weighted by Gasteiger charge is 2.28. The van der Waals surface area contributed by atoms with E-state index in [1.807, 2.05) is 12.1 Å². The highest BCUT2D eigenvalue weighted by molar-refractivity contribution is 8.00. The molecule has 0 aliphatic heterocycles. The second-order valence-corrected chi connectivity index (χ2v) is 8.93. The molecule has 1 N–H and O–H groups in total. The van der Waals surface area contributed by atoms with Crippen LogP contribution in [-0.4, -0.2) is 24.7 Å². The number of hydrogen-bond acceptors (Lipinski definition) is 5. The number of halogens is 1. The zero-order chi connectivity index (χ0) is 18.7. The second kappa shape index (κ2) is 8.46. The van der Waals surface area contributed by atoms with Gasteiger partial charge in [0.2, 0.25) is 5.91 Å². The van der Waals surface area contributed by atoms with Crippen molar-refractivity contribution in [2.24, 2.45) is 5.92 Å². The number of ether oxygens (including phenoxy) is 1. The van der Waals surface area contributed by atoms with Crippen molar-refractivity contribution in [2.45, 2.75) is 31.1 Å². The van der Waals surface area contributed by atoms with E-state index in [9.17, 15) is 9.59 Å². The van der Waals surface area contributed by atoms with Crippen LogP contribution in [0.15, 0.2) is 29.2 Å². The molecule has 7 heteroatoms. The Morgan fingerprint density at radius 2 is 2.08 bits per heavy atom. The lowest BCUT2D eigenvalue weighted by Crippen LogP contribution is -2.17. The van der Waals surface area contributed by atoms with Crippen molar-refractivity contribution in [1.29, 1.82) is 0 Å². The van der Waals surface area contributed by atoms with Crippen LogP contribution < -0.4 is 5.32 Å². The third-order valence-electron chi connectivity index (χ3n) is 4.34. The van der Waals surface area contributed by atoms with Gasteiger partial charge in [-0.3, -0.25) is 4.79 Å². The topological polar surface area (TPSA) is 55.4 Å². The Morgan fingerprint density at radius 1 is 1.35 bits per heavy atom. The number of fused-ring (bicyclic) bond motifs is 1. The van der Waals surface area contributed by atoms with Gasteiger partial charge in [-0.2, -0.15) is 0 Å². The van der Waals surface area contributed by atoms with E-state index in [0.29, 0.717) is 21.5 Å². The first-order valence-electron chi connectivity index (χ1n) is 8.39. The maximum absolute atomic E-state index is 12.4. The molecular weight excluding hydrogens is 390 g/mol. The van der Waals surface area contributed by atoms with Gasteiger partial charge in [0.15, 0.2) is 0 Å². The van der Waals surface area contributed by atoms with E-state index in [0.717, 1.165) is 29.7 Å². The van der Waals surface area contributed by atoms with Gasteiger partial charge >= 0.3 is 5.97 Å². The van der Waals surface area contributed by atoms with Gasteiger partial charge in [0.05, 0.1) is 18.4 Å². The molecule has 4 nitrogen and oxygen atoms in total. The van der Waals surface area contributed by atoms with Crippen LogP contribution >= 0.6 is 34.7 Å². The largest absolute Gasteiger partial charge is 0.465 e. The van der Waals surface area contributed by atoms with Gasteiger partial charge < -0.3 is 10.1 Å². The van der Waals surface area contributed by atoms with Gasteiger partial charge in [0, 0.05) is 14.8 Å². The summed E-state index contributed by atoms with van der Waals surface area (Å²) in [6.45, 7) is 2.21. The SMILES string of the molecule is COC(=O)c1c(NC(=O)CSc2ccc(Cl)cc2)sc2c1CCC(C)C2. The Morgan fingerprint density at radius 3 is 2.77 bits per heavy atom. The van der Waals surface area contributed by atoms with Crippen LogP contribution in [0, 0.1) is 5.92 Å². The number of thiophene rings is 1. The number of nitrogens with one attached hydrogen (secondary N) is 1. The highest BCUT2D eigenvalue weighted by Crippen LogP contribution is 2.40. The van der Waals surface area contributed by atoms with Crippen molar-refractivity contribution < 1.29 is 14.3 Å². The Balaban J connectivity index is 1.73. The summed E-state index contributed by atoms with van der Waals surface area (Å²) in [5.41, 5.74) is 1.57. The van der Waals surface area contributed by atoms with E-state index >= 15 is 0 Å². The molecule has 0 fully saturated rings. The van der Waals surface area contributed by atoms with E-state index in [4.69, 9.17) is 16.3 Å². The van der Waals surface area contributed by atoms with Crippen molar-refractivity contribution in [2.75, 3.05) is 18.2 Å². The van der Waals surface area contributed by atoms with Gasteiger partial charge in [-0.1, -0.05) is 18.5 Å². The molecule has 3 rings (SSSR count). The molecule has 1 aliphatic carbocycles. The fourth-order valence-electron chi connectivity index (χ4n) is 3.00. The van der Waals surface area contributed by atoms with Gasteiger partial charge in [-0.05, 0) is 55.0 Å². The third kappa shape index (κ3) is 4.42. The maximum Gasteiger partial charge on any atom is 0.341 e. The summed E-state index contributed by atoms with van der Waals surface area (Å²) >= 11 is 8.80. The Labute approximate surface area is 166 Å². The number of rotatable bonds is 5. The first-order valence-corrected chi connectivity index (χ1v) is 10.6. The normalized spacial score (nSPS) is 16.0. The molecule has 0 saturated carbocycles. The Kier molecular flexibility index (Phi) is 6.27. The van der Waals surface area contributed by atoms with Gasteiger partial charge in [0.25, 0.3) is 0 Å². The maximum atomic E-state index is 12.4. The molecule has 138 valence electrons. The standard InChI is InChI=1S/C19H20ClNO3S2/c1-11-3-8-14-15(9-11)26-18(17(14)19(23)24-2)21-16(22)10-25-13-6-4-12(20)5-7-13/h4-7,11H,3,8-10H2,1-2H3,(H,21,22). The van der Waals surface area contributed by atoms with Crippen molar-refractivity contribution in [1.82, 2.24) is 0 Å². The Hall–Kier alpha value is -1.50. The molecule has 0 bridgehead atoms. The van der Waals surface area contributed by atoms with Crippen molar-refractivity contribution >= 4 is 51.6 Å². The van der Waals surface area contributed by atoms with Crippen LogP contribution in [0.5, 0.6) is 0 Å². The van der Waals surface area contributed by atoms with E-state index in [1.165, 1.54) is 35.1 Å². The summed E-state index contributed by atoms with van der Waals surface area (Å²) in [7, 11) is 1.37. The molecular formula is C19H20ClNO3S2. The summed E-state index contributed by atoms with van der Waals surface area (Å²) in [6.07, 6.45) is 2.85. The number of carbonyl (C=O) groups is 2. The lowest BCUT2D eigenvalue weighted by Gasteiger charge is -2.18. The number of methoxy groups -OCH3 is 1. The average Bonchev–Trinajstić information content (AvgIpc) is 2.97. The van der Waals surface area contributed by atoms with Crippen molar-refractivity contribution in [3.05, 3.63) is 45.3 Å². The second-order valence-electron chi connectivity index (χ2n) is 6.34. The molecule has 1 aromatic heterocycles. The number of benzene rings is 1. The van der Waals surface area contributed by atoms with Crippen LogP contribution in [0.4, 0.5) is 5.00 Å². The minimum Gasteiger partial charge on any atom is -0.465 e. The third-order valence-corrected chi connectivity index (χ3v) is 6.77. The van der Waals surface area contributed by atoms with E-state index in [2.05, 4.69) is 12.2 Å². The molecule has 1 aliphatic rings. The van der Waals surface area contributed by atoms with E-state index < -0.39 is 0 Å². The fraction of sp³-hybridized carbons (Fsp3) is 0.368. The summed E-state index contributed by atoms with van der Waals surface area (Å²) in [5, 5.41) is 4.19. The van der Waals surface area contributed by atoms with Crippen molar-refractivity contribution in [3.63, 3.8) is 0 Å². The highest BCUT2D eigenvalue weighted by atomic mass is 35.5. The number of esters is 1. The molecule has 0 saturated heterocycles. The van der Waals surface area contributed by atoms with Crippen LogP contribution in [0.1, 0.15) is 34.1 Å². The molecule has 0 spiro atoms. The number of carbonyl (C=O) groups excluding carboxylic acids is 2. The fourth-order valence-corrected chi connectivity index (χ4v) is 5.24. The van der Waals surface area contributed by atoms with Gasteiger partial charge in [-0.25, -0.2) is 4.79 Å². The molecule has 0 radical (unpaired) electrons. The molecule has 1 unspecified atom stereocenters. The first-order chi connectivity index (χ1) is 12.5. The molecule has 1 aromatic carbocycles. The lowest BCUT2D eigenvalue weighted by molar-refractivity contribution is -0.113. The van der Waals surface area contributed by atoms with Crippen LogP contribution in [0.2, 0.25) is 5.02 Å². The minimum atomic E-state index is -0.377. The first kappa shape index (κ1) is 19.3. The summed E-state index contributed by atoms with van der Waals surface area (Å²) in [5.74, 6) is 0.344.